The fourth-order valence-electron chi connectivity index (χ4n) is 5.37. The number of carbonyl (C=O) groups is 1. The molecule has 1 saturated carbocycles. The number of nitrogens with zero attached hydrogens (tertiary/aromatic N) is 5. The lowest BCUT2D eigenvalue weighted by Crippen LogP contribution is -2.40. The first-order valence-corrected chi connectivity index (χ1v) is 13.5. The highest BCUT2D eigenvalue weighted by atomic mass is 16.6. The lowest BCUT2D eigenvalue weighted by Gasteiger charge is -2.32. The van der Waals surface area contributed by atoms with Crippen molar-refractivity contribution in [2.75, 3.05) is 6.54 Å². The molecule has 2 aromatic heterocycles. The van der Waals surface area contributed by atoms with Crippen molar-refractivity contribution in [3.63, 3.8) is 0 Å². The fourth-order valence-corrected chi connectivity index (χ4v) is 5.37. The molecule has 3 heterocycles. The van der Waals surface area contributed by atoms with Gasteiger partial charge >= 0.3 is 6.09 Å². The summed E-state index contributed by atoms with van der Waals surface area (Å²) in [6, 6.07) is 10.7. The molecule has 0 radical (unpaired) electrons. The molecule has 1 aliphatic carbocycles. The van der Waals surface area contributed by atoms with Gasteiger partial charge in [-0.2, -0.15) is 10.1 Å². The summed E-state index contributed by atoms with van der Waals surface area (Å²) in [4.78, 5) is 19.1. The van der Waals surface area contributed by atoms with Crippen LogP contribution >= 0.6 is 0 Å². The van der Waals surface area contributed by atoms with E-state index in [0.717, 1.165) is 34.2 Å². The minimum Gasteiger partial charge on any atom is -0.444 e. The van der Waals surface area contributed by atoms with Crippen molar-refractivity contribution in [3.05, 3.63) is 52.7 Å². The number of aromatic nitrogens is 4. The van der Waals surface area contributed by atoms with Gasteiger partial charge in [0.1, 0.15) is 5.60 Å². The van der Waals surface area contributed by atoms with Crippen LogP contribution in [0.2, 0.25) is 0 Å². The van der Waals surface area contributed by atoms with E-state index in [1.807, 2.05) is 32.9 Å². The Balaban J connectivity index is 1.28. The molecule has 198 valence electrons. The van der Waals surface area contributed by atoms with Crippen molar-refractivity contribution in [2.24, 2.45) is 0 Å². The molecule has 0 N–H and O–H groups in total. The molecular formula is C30H35N5O3. The molecule has 1 aliphatic heterocycles. The van der Waals surface area contributed by atoms with E-state index in [9.17, 15) is 4.79 Å². The van der Waals surface area contributed by atoms with Crippen LogP contribution in [-0.4, -0.2) is 43.1 Å². The molecule has 2 aromatic carbocycles. The van der Waals surface area contributed by atoms with E-state index in [-0.39, 0.29) is 6.09 Å². The van der Waals surface area contributed by atoms with Gasteiger partial charge in [0, 0.05) is 41.6 Å². The van der Waals surface area contributed by atoms with E-state index in [4.69, 9.17) is 19.3 Å². The molecule has 1 amide bonds. The Hall–Kier alpha value is -3.68. The van der Waals surface area contributed by atoms with E-state index < -0.39 is 5.60 Å². The number of hydrogen-bond donors (Lipinski definition) is 0. The number of carbonyl (C=O) groups excluding carboxylic acids is 1. The highest BCUT2D eigenvalue weighted by Crippen LogP contribution is 2.43. The summed E-state index contributed by atoms with van der Waals surface area (Å²) < 4.78 is 13.5. The first kappa shape index (κ1) is 24.6. The number of rotatable bonds is 4. The Morgan fingerprint density at radius 1 is 1.16 bits per heavy atom. The largest absolute Gasteiger partial charge is 0.444 e. The third-order valence-electron chi connectivity index (χ3n) is 7.44. The number of hydrogen-bond acceptors (Lipinski definition) is 6. The quantitative estimate of drug-likeness (QED) is 0.298. The Kier molecular flexibility index (Phi) is 5.81. The van der Waals surface area contributed by atoms with Crippen molar-refractivity contribution in [1.29, 1.82) is 0 Å². The Labute approximate surface area is 223 Å². The maximum absolute atomic E-state index is 12.6. The van der Waals surface area contributed by atoms with Crippen LogP contribution in [0.1, 0.15) is 81.8 Å². The van der Waals surface area contributed by atoms with Crippen molar-refractivity contribution in [1.82, 2.24) is 24.8 Å². The summed E-state index contributed by atoms with van der Waals surface area (Å²) in [7, 11) is 0. The number of fused-ring (bicyclic) bond motifs is 2. The van der Waals surface area contributed by atoms with Gasteiger partial charge in [-0.05, 0) is 95.7 Å². The molecule has 8 heteroatoms. The third-order valence-corrected chi connectivity index (χ3v) is 7.44. The number of amides is 1. The second-order valence-corrected chi connectivity index (χ2v) is 11.9. The van der Waals surface area contributed by atoms with Crippen LogP contribution in [0.5, 0.6) is 0 Å². The fraction of sp³-hybridized carbons (Fsp3) is 0.467. The van der Waals surface area contributed by atoms with Gasteiger partial charge in [0.05, 0.1) is 11.2 Å². The summed E-state index contributed by atoms with van der Waals surface area (Å²) in [6.07, 6.45) is 2.89. The van der Waals surface area contributed by atoms with Crippen LogP contribution in [-0.2, 0) is 17.7 Å². The predicted octanol–water partition coefficient (Wildman–Crippen LogP) is 6.81. The zero-order valence-electron chi connectivity index (χ0n) is 23.0. The minimum absolute atomic E-state index is 0.270. The van der Waals surface area contributed by atoms with Crippen LogP contribution in [0.3, 0.4) is 0 Å². The van der Waals surface area contributed by atoms with E-state index in [1.54, 1.807) is 4.90 Å². The molecule has 2 aliphatic rings. The maximum atomic E-state index is 12.6. The zero-order valence-corrected chi connectivity index (χ0v) is 23.0. The molecule has 0 saturated heterocycles. The van der Waals surface area contributed by atoms with Gasteiger partial charge in [-0.3, -0.25) is 4.68 Å². The number of ether oxygens (including phenoxy) is 1. The summed E-state index contributed by atoms with van der Waals surface area (Å²) >= 11 is 0. The average Bonchev–Trinajstić information content (AvgIpc) is 3.46. The topological polar surface area (TPSA) is 86.3 Å². The Morgan fingerprint density at radius 2 is 1.95 bits per heavy atom. The van der Waals surface area contributed by atoms with Gasteiger partial charge in [-0.25, -0.2) is 4.79 Å². The molecule has 0 atom stereocenters. The Morgan fingerprint density at radius 3 is 2.66 bits per heavy atom. The lowest BCUT2D eigenvalue weighted by molar-refractivity contribution is 0.0224. The Bertz CT molecular complexity index is 1540. The predicted molar refractivity (Wildman–Crippen MR) is 146 cm³/mol. The summed E-state index contributed by atoms with van der Waals surface area (Å²) in [5, 5.41) is 10.5. The SMILES string of the molecule is Cc1c(-c2noc(-c3ccc4c(c3)c(C3CC3)nn4C(C)C)n2)ccc2c1CCN(C(=O)OC(C)(C)C)C2. The highest BCUT2D eigenvalue weighted by molar-refractivity contribution is 5.87. The van der Waals surface area contributed by atoms with Gasteiger partial charge in [-0.1, -0.05) is 17.3 Å². The van der Waals surface area contributed by atoms with E-state index in [0.29, 0.717) is 36.8 Å². The monoisotopic (exact) mass is 513 g/mol. The third kappa shape index (κ3) is 4.46. The molecule has 8 nitrogen and oxygen atoms in total. The van der Waals surface area contributed by atoms with Crippen molar-refractivity contribution in [2.45, 2.75) is 84.9 Å². The molecule has 6 rings (SSSR count). The second-order valence-electron chi connectivity index (χ2n) is 11.9. The minimum atomic E-state index is -0.508. The first-order valence-electron chi connectivity index (χ1n) is 13.5. The summed E-state index contributed by atoms with van der Waals surface area (Å²) in [5.41, 5.74) is 7.19. The number of benzene rings is 2. The van der Waals surface area contributed by atoms with E-state index in [1.165, 1.54) is 29.5 Å². The molecule has 4 aromatic rings. The van der Waals surface area contributed by atoms with Gasteiger partial charge in [0.15, 0.2) is 0 Å². The van der Waals surface area contributed by atoms with Crippen molar-refractivity contribution < 1.29 is 14.1 Å². The van der Waals surface area contributed by atoms with Crippen LogP contribution in [0.4, 0.5) is 4.79 Å². The maximum Gasteiger partial charge on any atom is 0.410 e. The van der Waals surface area contributed by atoms with Gasteiger partial charge in [-0.15, -0.1) is 0 Å². The second kappa shape index (κ2) is 8.96. The van der Waals surface area contributed by atoms with Crippen LogP contribution in [0.25, 0.3) is 33.7 Å². The molecule has 0 bridgehead atoms. The van der Waals surface area contributed by atoms with Crippen LogP contribution in [0, 0.1) is 6.92 Å². The van der Waals surface area contributed by atoms with Gasteiger partial charge in [0.2, 0.25) is 5.82 Å². The highest BCUT2D eigenvalue weighted by Gasteiger charge is 2.30. The van der Waals surface area contributed by atoms with E-state index in [2.05, 4.69) is 48.8 Å². The van der Waals surface area contributed by atoms with Gasteiger partial charge in [0.25, 0.3) is 5.89 Å². The summed E-state index contributed by atoms with van der Waals surface area (Å²) in [6.45, 7) is 13.3. The molecule has 1 fully saturated rings. The molecule has 0 spiro atoms. The standard InChI is InChI=1S/C30H35N5O3/c1-17(2)35-25-12-10-20(15-24(25)26(32-35)19-7-8-19)28-31-27(33-38-28)23-11-9-21-16-34(14-13-22(21)18(23)3)29(36)37-30(4,5)6/h9-12,15,17,19H,7-8,13-14,16H2,1-6H3. The van der Waals surface area contributed by atoms with Crippen LogP contribution < -0.4 is 0 Å². The van der Waals surface area contributed by atoms with Crippen molar-refractivity contribution in [3.8, 4) is 22.8 Å². The van der Waals surface area contributed by atoms with Crippen molar-refractivity contribution >= 4 is 17.0 Å². The van der Waals surface area contributed by atoms with E-state index >= 15 is 0 Å². The lowest BCUT2D eigenvalue weighted by atomic mass is 9.91. The average molecular weight is 514 g/mol. The molecule has 0 unspecified atom stereocenters. The summed E-state index contributed by atoms with van der Waals surface area (Å²) in [5.74, 6) is 1.64. The molecular weight excluding hydrogens is 478 g/mol. The first-order chi connectivity index (χ1) is 18.1. The normalized spacial score (nSPS) is 15.8. The molecule has 38 heavy (non-hydrogen) atoms. The van der Waals surface area contributed by atoms with Crippen LogP contribution in [0.15, 0.2) is 34.9 Å². The van der Waals surface area contributed by atoms with Gasteiger partial charge < -0.3 is 14.2 Å². The smallest absolute Gasteiger partial charge is 0.410 e. The zero-order chi connectivity index (χ0) is 26.8.